The summed E-state index contributed by atoms with van der Waals surface area (Å²) in [5, 5.41) is 11.0. The van der Waals surface area contributed by atoms with E-state index in [1.165, 1.54) is 10.8 Å². The zero-order chi connectivity index (χ0) is 9.10. The molecule has 64 valence electrons. The van der Waals surface area contributed by atoms with Crippen molar-refractivity contribution < 1.29 is 5.11 Å². The molecule has 0 heterocycles. The Kier molecular flexibility index (Phi) is 2.01. The molecule has 1 N–H and O–H groups in total. The Balaban J connectivity index is 2.62. The van der Waals surface area contributed by atoms with Gasteiger partial charge in [-0.05, 0) is 28.5 Å². The molecule has 0 unspecified atom stereocenters. The average Bonchev–Trinajstić information content (AvgIpc) is 2.18. The fraction of sp³-hybridized carbons (Fsp3) is 0. The first-order valence-electron chi connectivity index (χ1n) is 4.20. The van der Waals surface area contributed by atoms with Gasteiger partial charge in [0.1, 0.15) is 0 Å². The van der Waals surface area contributed by atoms with Crippen LogP contribution in [0.15, 0.2) is 48.7 Å². The Hall–Kier alpha value is -1.76. The fourth-order valence-electron chi connectivity index (χ4n) is 1.40. The van der Waals surface area contributed by atoms with Crippen molar-refractivity contribution in [3.05, 3.63) is 54.3 Å². The number of hydrogen-bond donors (Lipinski definition) is 1. The van der Waals surface area contributed by atoms with Crippen LogP contribution in [0.2, 0.25) is 0 Å². The van der Waals surface area contributed by atoms with E-state index in [1.807, 2.05) is 30.3 Å². The lowest BCUT2D eigenvalue weighted by Gasteiger charge is -1.97. The number of aliphatic hydroxyl groups is 1. The smallest absolute Gasteiger partial charge is 0.0797 e. The first-order chi connectivity index (χ1) is 6.40. The van der Waals surface area contributed by atoms with Gasteiger partial charge in [-0.25, -0.2) is 0 Å². The number of hydrogen-bond acceptors (Lipinski definition) is 1. The van der Waals surface area contributed by atoms with E-state index in [1.54, 1.807) is 6.08 Å². The molecular weight excluding hydrogens is 160 g/mol. The molecule has 2 aromatic carbocycles. The summed E-state index contributed by atoms with van der Waals surface area (Å²) in [5.41, 5.74) is 1.02. The largest absolute Gasteiger partial charge is 0.516 e. The molecular formula is C12H10O. The number of aliphatic hydroxyl groups excluding tert-OH is 1. The molecule has 0 bridgehead atoms. The van der Waals surface area contributed by atoms with E-state index in [2.05, 4.69) is 12.1 Å². The molecule has 0 aliphatic rings. The molecule has 2 rings (SSSR count). The summed E-state index contributed by atoms with van der Waals surface area (Å²) in [6.07, 6.45) is 2.73. The third kappa shape index (κ3) is 1.54. The number of rotatable bonds is 1. The van der Waals surface area contributed by atoms with Gasteiger partial charge in [0.15, 0.2) is 0 Å². The second-order valence-electron chi connectivity index (χ2n) is 2.92. The summed E-state index contributed by atoms with van der Waals surface area (Å²) in [6.45, 7) is 0. The van der Waals surface area contributed by atoms with Gasteiger partial charge in [0.2, 0.25) is 0 Å². The van der Waals surface area contributed by atoms with Crippen LogP contribution < -0.4 is 0 Å². The zero-order valence-corrected chi connectivity index (χ0v) is 7.14. The van der Waals surface area contributed by atoms with Crippen LogP contribution in [0.5, 0.6) is 0 Å². The van der Waals surface area contributed by atoms with Gasteiger partial charge in [0, 0.05) is 0 Å². The van der Waals surface area contributed by atoms with Crippen molar-refractivity contribution in [1.29, 1.82) is 0 Å². The van der Waals surface area contributed by atoms with Gasteiger partial charge in [-0.3, -0.25) is 0 Å². The van der Waals surface area contributed by atoms with E-state index < -0.39 is 0 Å². The second-order valence-corrected chi connectivity index (χ2v) is 2.92. The summed E-state index contributed by atoms with van der Waals surface area (Å²) >= 11 is 0. The molecule has 0 spiro atoms. The van der Waals surface area contributed by atoms with Crippen LogP contribution in [-0.4, -0.2) is 5.11 Å². The Labute approximate surface area is 76.9 Å². The third-order valence-electron chi connectivity index (χ3n) is 2.04. The Morgan fingerprint density at radius 3 is 2.46 bits per heavy atom. The monoisotopic (exact) mass is 170 g/mol. The van der Waals surface area contributed by atoms with Gasteiger partial charge in [-0.15, -0.1) is 0 Å². The molecule has 0 saturated heterocycles. The highest BCUT2D eigenvalue weighted by molar-refractivity contribution is 5.84. The topological polar surface area (TPSA) is 20.2 Å². The highest BCUT2D eigenvalue weighted by Gasteiger charge is 1.91. The van der Waals surface area contributed by atoms with Crippen LogP contribution in [0, 0.1) is 0 Å². The van der Waals surface area contributed by atoms with Crippen molar-refractivity contribution >= 4 is 16.8 Å². The van der Waals surface area contributed by atoms with E-state index in [0.29, 0.717) is 0 Å². The van der Waals surface area contributed by atoms with Crippen molar-refractivity contribution in [3.8, 4) is 0 Å². The fourth-order valence-corrected chi connectivity index (χ4v) is 1.40. The summed E-state index contributed by atoms with van der Waals surface area (Å²) in [6, 6.07) is 14.2. The summed E-state index contributed by atoms with van der Waals surface area (Å²) in [5.74, 6) is 0. The van der Waals surface area contributed by atoms with Crippen molar-refractivity contribution in [2.75, 3.05) is 0 Å². The quantitative estimate of drug-likeness (QED) is 0.650. The molecule has 1 heteroatoms. The minimum Gasteiger partial charge on any atom is -0.516 e. The molecule has 13 heavy (non-hydrogen) atoms. The summed E-state index contributed by atoms with van der Waals surface area (Å²) < 4.78 is 0. The lowest BCUT2D eigenvalue weighted by atomic mass is 10.1. The molecule has 1 nitrogen and oxygen atoms in total. The summed E-state index contributed by atoms with van der Waals surface area (Å²) in [4.78, 5) is 0. The van der Waals surface area contributed by atoms with Crippen molar-refractivity contribution in [2.45, 2.75) is 0 Å². The molecule has 0 saturated carbocycles. The van der Waals surface area contributed by atoms with Gasteiger partial charge in [0.25, 0.3) is 0 Å². The van der Waals surface area contributed by atoms with Crippen molar-refractivity contribution in [3.63, 3.8) is 0 Å². The standard InChI is InChI=1S/C12H10O/c13-8-7-10-5-6-11-3-1-2-4-12(11)9-10/h1-9,13H/b8-7+. The number of benzene rings is 2. The van der Waals surface area contributed by atoms with Crippen LogP contribution in [-0.2, 0) is 0 Å². The predicted molar refractivity (Wildman–Crippen MR) is 55.6 cm³/mol. The number of fused-ring (bicyclic) bond motifs is 1. The first kappa shape index (κ1) is 7.87. The van der Waals surface area contributed by atoms with Crippen LogP contribution in [0.1, 0.15) is 5.56 Å². The molecule has 0 atom stereocenters. The Morgan fingerprint density at radius 1 is 0.923 bits per heavy atom. The van der Waals surface area contributed by atoms with Crippen molar-refractivity contribution in [1.82, 2.24) is 0 Å². The first-order valence-corrected chi connectivity index (χ1v) is 4.20. The molecule has 0 aliphatic carbocycles. The lowest BCUT2D eigenvalue weighted by molar-refractivity contribution is 0.478. The van der Waals surface area contributed by atoms with Crippen molar-refractivity contribution in [2.24, 2.45) is 0 Å². The molecule has 0 amide bonds. The normalized spacial score (nSPS) is 11.1. The van der Waals surface area contributed by atoms with Gasteiger partial charge in [-0.2, -0.15) is 0 Å². The Bertz CT molecular complexity index is 444. The van der Waals surface area contributed by atoms with E-state index in [4.69, 9.17) is 5.11 Å². The summed E-state index contributed by atoms with van der Waals surface area (Å²) in [7, 11) is 0. The SMILES string of the molecule is O/C=C/c1ccc2ccccc2c1. The molecule has 0 aromatic heterocycles. The predicted octanol–water partition coefficient (Wildman–Crippen LogP) is 3.37. The van der Waals surface area contributed by atoms with Gasteiger partial charge >= 0.3 is 0 Å². The van der Waals surface area contributed by atoms with Crippen LogP contribution in [0.25, 0.3) is 16.8 Å². The van der Waals surface area contributed by atoms with E-state index in [-0.39, 0.29) is 0 Å². The highest BCUT2D eigenvalue weighted by atomic mass is 16.2. The molecule has 0 radical (unpaired) electrons. The zero-order valence-electron chi connectivity index (χ0n) is 7.14. The van der Waals surface area contributed by atoms with Crippen LogP contribution >= 0.6 is 0 Å². The van der Waals surface area contributed by atoms with Gasteiger partial charge in [-0.1, -0.05) is 36.4 Å². The highest BCUT2D eigenvalue weighted by Crippen LogP contribution is 2.16. The van der Waals surface area contributed by atoms with Gasteiger partial charge < -0.3 is 5.11 Å². The van der Waals surface area contributed by atoms with E-state index in [0.717, 1.165) is 11.8 Å². The molecule has 0 fully saturated rings. The minimum atomic E-state index is 1.02. The minimum absolute atomic E-state index is 1.02. The van der Waals surface area contributed by atoms with Crippen LogP contribution in [0.4, 0.5) is 0 Å². The maximum Gasteiger partial charge on any atom is 0.0797 e. The lowest BCUT2D eigenvalue weighted by Crippen LogP contribution is -1.74. The van der Waals surface area contributed by atoms with Crippen LogP contribution in [0.3, 0.4) is 0 Å². The molecule has 0 aliphatic heterocycles. The second kappa shape index (κ2) is 3.31. The van der Waals surface area contributed by atoms with Gasteiger partial charge in [0.05, 0.1) is 6.26 Å². The molecule has 2 aromatic rings. The third-order valence-corrected chi connectivity index (χ3v) is 2.04. The maximum absolute atomic E-state index is 8.61. The average molecular weight is 170 g/mol. The van der Waals surface area contributed by atoms with E-state index >= 15 is 0 Å². The Morgan fingerprint density at radius 2 is 1.69 bits per heavy atom. The maximum atomic E-state index is 8.61. The van der Waals surface area contributed by atoms with E-state index in [9.17, 15) is 0 Å².